The van der Waals surface area contributed by atoms with E-state index in [1.807, 2.05) is 17.8 Å². The molecule has 0 unspecified atom stereocenters. The molecule has 2 aromatic rings. The summed E-state index contributed by atoms with van der Waals surface area (Å²) < 4.78 is 0. The van der Waals surface area contributed by atoms with Gasteiger partial charge in [-0.3, -0.25) is 0 Å². The van der Waals surface area contributed by atoms with Crippen LogP contribution in [0.1, 0.15) is 36.9 Å². The second-order valence-electron chi connectivity index (χ2n) is 7.05. The molecule has 2 aliphatic heterocycles. The smallest absolute Gasteiger partial charge is 0.0409 e. The van der Waals surface area contributed by atoms with Crippen LogP contribution in [0.2, 0.25) is 5.02 Å². The van der Waals surface area contributed by atoms with Crippen molar-refractivity contribution < 1.29 is 0 Å². The highest BCUT2D eigenvalue weighted by Crippen LogP contribution is 2.41. The molecule has 0 aromatic heterocycles. The number of nitrogens with zero attached hydrogens (tertiary/aromatic N) is 1. The van der Waals surface area contributed by atoms with Crippen LogP contribution < -0.4 is 5.32 Å². The molecule has 0 spiro atoms. The summed E-state index contributed by atoms with van der Waals surface area (Å²) in [4.78, 5) is 5.26. The minimum Gasteiger partial charge on any atom is -0.306 e. The van der Waals surface area contributed by atoms with Gasteiger partial charge in [0.1, 0.15) is 0 Å². The van der Waals surface area contributed by atoms with Crippen molar-refractivity contribution in [1.29, 1.82) is 0 Å². The monoisotopic (exact) mass is 372 g/mol. The van der Waals surface area contributed by atoms with Crippen LogP contribution in [0.5, 0.6) is 0 Å². The van der Waals surface area contributed by atoms with Crippen molar-refractivity contribution in [1.82, 2.24) is 10.2 Å². The fraction of sp³-hybridized carbons (Fsp3) is 0.429. The Balaban J connectivity index is 1.63. The molecule has 2 aliphatic rings. The Morgan fingerprint density at radius 1 is 1.20 bits per heavy atom. The van der Waals surface area contributed by atoms with E-state index in [-0.39, 0.29) is 0 Å². The Morgan fingerprint density at radius 3 is 2.96 bits per heavy atom. The van der Waals surface area contributed by atoms with Gasteiger partial charge in [-0.2, -0.15) is 0 Å². The second-order valence-corrected chi connectivity index (χ2v) is 8.57. The molecule has 2 aromatic carbocycles. The molecule has 1 fully saturated rings. The fourth-order valence-electron chi connectivity index (χ4n) is 4.03. The molecular weight excluding hydrogens is 348 g/mol. The highest BCUT2D eigenvalue weighted by Gasteiger charge is 2.27. The maximum Gasteiger partial charge on any atom is 0.0409 e. The van der Waals surface area contributed by atoms with Crippen molar-refractivity contribution in [3.63, 3.8) is 0 Å². The molecule has 2 atom stereocenters. The number of likely N-dealkylation sites (N-methyl/N-ethyl adjacent to an activating group) is 1. The molecule has 2 nitrogen and oxygen atoms in total. The van der Waals surface area contributed by atoms with Gasteiger partial charge >= 0.3 is 0 Å². The molecule has 25 heavy (non-hydrogen) atoms. The van der Waals surface area contributed by atoms with Crippen LogP contribution in [-0.2, 0) is 6.42 Å². The number of halogens is 1. The van der Waals surface area contributed by atoms with E-state index in [0.717, 1.165) is 24.5 Å². The van der Waals surface area contributed by atoms with Gasteiger partial charge in [-0.15, -0.1) is 0 Å². The maximum atomic E-state index is 6.28. The van der Waals surface area contributed by atoms with Crippen LogP contribution in [0.3, 0.4) is 0 Å². The summed E-state index contributed by atoms with van der Waals surface area (Å²) in [5, 5.41) is 4.81. The summed E-state index contributed by atoms with van der Waals surface area (Å²) in [7, 11) is 0. The number of hydrogen-bond acceptors (Lipinski definition) is 3. The van der Waals surface area contributed by atoms with E-state index in [1.165, 1.54) is 40.3 Å². The minimum absolute atomic E-state index is 0.352. The van der Waals surface area contributed by atoms with Crippen LogP contribution in [0.15, 0.2) is 52.3 Å². The third kappa shape index (κ3) is 3.90. The third-order valence-electron chi connectivity index (χ3n) is 5.35. The molecule has 0 bridgehead atoms. The number of fused-ring (bicyclic) bond motifs is 2. The number of piperidine rings is 1. The zero-order chi connectivity index (χ0) is 17.2. The Labute approximate surface area is 159 Å². The van der Waals surface area contributed by atoms with E-state index >= 15 is 0 Å². The van der Waals surface area contributed by atoms with E-state index in [0.29, 0.717) is 12.1 Å². The highest BCUT2D eigenvalue weighted by atomic mass is 35.5. The van der Waals surface area contributed by atoms with Gasteiger partial charge in [-0.05, 0) is 67.7 Å². The van der Waals surface area contributed by atoms with Gasteiger partial charge in [-0.25, -0.2) is 0 Å². The minimum atomic E-state index is 0.352. The molecular formula is C21H25ClN2S. The lowest BCUT2D eigenvalue weighted by Gasteiger charge is -2.35. The van der Waals surface area contributed by atoms with Crippen molar-refractivity contribution in [2.24, 2.45) is 0 Å². The SMILES string of the molecule is CCN1CCC[C@@H](N[C@@H]2Cc3cc(Cl)ccc3Sc3ccccc32)C1. The first kappa shape index (κ1) is 17.4. The molecule has 4 heteroatoms. The highest BCUT2D eigenvalue weighted by molar-refractivity contribution is 7.99. The molecule has 0 amide bonds. The van der Waals surface area contributed by atoms with Crippen LogP contribution >= 0.6 is 23.4 Å². The first-order valence-corrected chi connectivity index (χ1v) is 10.5. The van der Waals surface area contributed by atoms with Crippen LogP contribution in [-0.4, -0.2) is 30.6 Å². The molecule has 1 saturated heterocycles. The Hall–Kier alpha value is -1.00. The summed E-state index contributed by atoms with van der Waals surface area (Å²) in [6.45, 7) is 5.81. The van der Waals surface area contributed by atoms with E-state index in [1.54, 1.807) is 0 Å². The predicted octanol–water partition coefficient (Wildman–Crippen LogP) is 5.16. The van der Waals surface area contributed by atoms with Gasteiger partial charge in [0, 0.05) is 33.4 Å². The summed E-state index contributed by atoms with van der Waals surface area (Å²) in [5.41, 5.74) is 2.78. The number of benzene rings is 2. The Kier molecular flexibility index (Phi) is 5.37. The molecule has 4 rings (SSSR count). The average molecular weight is 373 g/mol. The van der Waals surface area contributed by atoms with Crippen molar-refractivity contribution in [2.45, 2.75) is 48.1 Å². The number of rotatable bonds is 3. The zero-order valence-corrected chi connectivity index (χ0v) is 16.2. The topological polar surface area (TPSA) is 15.3 Å². The summed E-state index contributed by atoms with van der Waals surface area (Å²) in [6.07, 6.45) is 3.56. The fourth-order valence-corrected chi connectivity index (χ4v) is 5.34. The van der Waals surface area contributed by atoms with Gasteiger partial charge in [0.25, 0.3) is 0 Å². The summed E-state index contributed by atoms with van der Waals surface area (Å²) in [5.74, 6) is 0. The van der Waals surface area contributed by atoms with E-state index in [4.69, 9.17) is 11.6 Å². The van der Waals surface area contributed by atoms with Crippen molar-refractivity contribution in [3.05, 3.63) is 58.6 Å². The summed E-state index contributed by atoms with van der Waals surface area (Å²) in [6, 6.07) is 16.1. The van der Waals surface area contributed by atoms with Crippen LogP contribution in [0, 0.1) is 0 Å². The van der Waals surface area contributed by atoms with Crippen LogP contribution in [0.25, 0.3) is 0 Å². The molecule has 2 heterocycles. The standard InChI is InChI=1S/C21H25ClN2S/c1-2-24-11-5-6-17(14-24)23-19-13-15-12-16(22)9-10-20(15)25-21-8-4-3-7-18(19)21/h3-4,7-10,12,17,19,23H,2,5-6,11,13-14H2,1H3/t17-,19-/m1/s1. The number of nitrogens with one attached hydrogen (secondary N) is 1. The number of likely N-dealkylation sites (tertiary alicyclic amines) is 1. The van der Waals surface area contributed by atoms with E-state index < -0.39 is 0 Å². The lowest BCUT2D eigenvalue weighted by molar-refractivity contribution is 0.189. The van der Waals surface area contributed by atoms with Crippen molar-refractivity contribution in [2.75, 3.05) is 19.6 Å². The zero-order valence-electron chi connectivity index (χ0n) is 14.7. The molecule has 132 valence electrons. The normalized spacial score (nSPS) is 23.6. The number of hydrogen-bond donors (Lipinski definition) is 1. The molecule has 0 saturated carbocycles. The van der Waals surface area contributed by atoms with E-state index in [9.17, 15) is 0 Å². The lowest BCUT2D eigenvalue weighted by Crippen LogP contribution is -2.47. The quantitative estimate of drug-likeness (QED) is 0.800. The van der Waals surface area contributed by atoms with Gasteiger partial charge in [0.05, 0.1) is 0 Å². The Morgan fingerprint density at radius 2 is 2.08 bits per heavy atom. The van der Waals surface area contributed by atoms with Crippen molar-refractivity contribution >= 4 is 23.4 Å². The third-order valence-corrected chi connectivity index (χ3v) is 6.80. The molecule has 1 N–H and O–H groups in total. The maximum absolute atomic E-state index is 6.28. The van der Waals surface area contributed by atoms with Crippen molar-refractivity contribution in [3.8, 4) is 0 Å². The summed E-state index contributed by atoms with van der Waals surface area (Å²) >= 11 is 8.16. The predicted molar refractivity (Wildman–Crippen MR) is 107 cm³/mol. The van der Waals surface area contributed by atoms with Gasteiger partial charge < -0.3 is 10.2 Å². The van der Waals surface area contributed by atoms with Gasteiger partial charge in [0.2, 0.25) is 0 Å². The Bertz CT molecular complexity index is 748. The second kappa shape index (κ2) is 7.71. The molecule has 0 radical (unpaired) electrons. The largest absolute Gasteiger partial charge is 0.306 e. The van der Waals surface area contributed by atoms with Gasteiger partial charge in [-0.1, -0.05) is 48.5 Å². The van der Waals surface area contributed by atoms with Gasteiger partial charge in [0.15, 0.2) is 0 Å². The first-order chi connectivity index (χ1) is 12.2. The molecule has 0 aliphatic carbocycles. The lowest BCUT2D eigenvalue weighted by atomic mass is 9.96. The average Bonchev–Trinajstić information content (AvgIpc) is 2.78. The van der Waals surface area contributed by atoms with Crippen LogP contribution in [0.4, 0.5) is 0 Å². The van der Waals surface area contributed by atoms with E-state index in [2.05, 4.69) is 53.5 Å². The first-order valence-electron chi connectivity index (χ1n) is 9.26.